The summed E-state index contributed by atoms with van der Waals surface area (Å²) in [6.07, 6.45) is 0.339. The maximum Gasteiger partial charge on any atom is 0.405 e. The zero-order valence-electron chi connectivity index (χ0n) is 9.57. The van der Waals surface area contributed by atoms with Crippen molar-refractivity contribution in [2.24, 2.45) is 5.73 Å². The van der Waals surface area contributed by atoms with Gasteiger partial charge in [-0.1, -0.05) is 19.3 Å². The molecule has 0 aliphatic heterocycles. The van der Waals surface area contributed by atoms with Crippen LogP contribution in [0.25, 0.3) is 0 Å². The molecule has 0 radical (unpaired) electrons. The minimum Gasteiger partial charge on any atom is -0.336 e. The lowest BCUT2D eigenvalue weighted by Gasteiger charge is -2.33. The number of alkyl halides is 3. The molecule has 2 amide bonds. The summed E-state index contributed by atoms with van der Waals surface area (Å²) in [7, 11) is 0. The lowest BCUT2D eigenvalue weighted by atomic mass is 9.82. The minimum atomic E-state index is -4.39. The van der Waals surface area contributed by atoms with E-state index in [2.05, 4.69) is 5.32 Å². The Bertz CT molecular complexity index is 262. The number of amides is 2. The fourth-order valence-corrected chi connectivity index (χ4v) is 1.93. The van der Waals surface area contributed by atoms with Gasteiger partial charge < -0.3 is 16.4 Å². The molecule has 7 heteroatoms. The van der Waals surface area contributed by atoms with Gasteiger partial charge >= 0.3 is 12.2 Å². The standard InChI is InChI=1S/C10H18F3N3O/c11-10(12,13)7-16-8(17)15-6-9(14)4-2-1-3-5-9/h1-7,14H2,(H2,15,16,17). The largest absolute Gasteiger partial charge is 0.405 e. The zero-order valence-corrected chi connectivity index (χ0v) is 9.57. The number of nitrogens with one attached hydrogen (secondary N) is 2. The van der Waals surface area contributed by atoms with E-state index in [-0.39, 0.29) is 6.54 Å². The summed E-state index contributed by atoms with van der Waals surface area (Å²) in [6, 6.07) is -0.822. The SMILES string of the molecule is NC1(CNC(=O)NCC(F)(F)F)CCCCC1. The van der Waals surface area contributed by atoms with Crippen molar-refractivity contribution in [2.45, 2.75) is 43.8 Å². The van der Waals surface area contributed by atoms with Crippen LogP contribution < -0.4 is 16.4 Å². The number of urea groups is 1. The van der Waals surface area contributed by atoms with Crippen LogP contribution in [0.15, 0.2) is 0 Å². The molecule has 0 bridgehead atoms. The first-order valence-corrected chi connectivity index (χ1v) is 5.68. The van der Waals surface area contributed by atoms with Gasteiger partial charge in [-0.2, -0.15) is 13.2 Å². The second-order valence-corrected chi connectivity index (χ2v) is 4.57. The molecule has 0 aromatic heterocycles. The second-order valence-electron chi connectivity index (χ2n) is 4.57. The lowest BCUT2D eigenvalue weighted by molar-refractivity contribution is -0.122. The van der Waals surface area contributed by atoms with Crippen LogP contribution >= 0.6 is 0 Å². The van der Waals surface area contributed by atoms with Crippen molar-refractivity contribution in [3.63, 3.8) is 0 Å². The highest BCUT2D eigenvalue weighted by Gasteiger charge is 2.30. The van der Waals surface area contributed by atoms with Gasteiger partial charge in [0.2, 0.25) is 0 Å². The van der Waals surface area contributed by atoms with Gasteiger partial charge in [-0.05, 0) is 12.8 Å². The highest BCUT2D eigenvalue weighted by molar-refractivity contribution is 5.73. The maximum atomic E-state index is 11.8. The van der Waals surface area contributed by atoms with Gasteiger partial charge in [0, 0.05) is 12.1 Å². The van der Waals surface area contributed by atoms with Crippen LogP contribution in [0, 0.1) is 0 Å². The monoisotopic (exact) mass is 253 g/mol. The fourth-order valence-electron chi connectivity index (χ4n) is 1.93. The molecule has 0 unspecified atom stereocenters. The van der Waals surface area contributed by atoms with Crippen LogP contribution in [-0.4, -0.2) is 30.8 Å². The average molecular weight is 253 g/mol. The number of carbonyl (C=O) groups excluding carboxylic acids is 1. The third kappa shape index (κ3) is 5.76. The van der Waals surface area contributed by atoms with Crippen LogP contribution in [0.3, 0.4) is 0 Å². The van der Waals surface area contributed by atoms with Crippen molar-refractivity contribution in [2.75, 3.05) is 13.1 Å². The Hall–Kier alpha value is -0.980. The van der Waals surface area contributed by atoms with E-state index in [9.17, 15) is 18.0 Å². The molecule has 1 fully saturated rings. The summed E-state index contributed by atoms with van der Waals surface area (Å²) in [5.41, 5.74) is 5.56. The number of nitrogens with two attached hydrogens (primary N) is 1. The zero-order chi connectivity index (χ0) is 12.9. The Labute approximate surface area is 98.1 Å². The molecule has 1 aliphatic rings. The van der Waals surface area contributed by atoms with Gasteiger partial charge in [0.05, 0.1) is 0 Å². The molecule has 1 saturated carbocycles. The summed E-state index contributed by atoms with van der Waals surface area (Å²) in [4.78, 5) is 11.1. The first kappa shape index (κ1) is 14.1. The Morgan fingerprint density at radius 2 is 1.76 bits per heavy atom. The first-order chi connectivity index (χ1) is 7.81. The Morgan fingerprint density at radius 3 is 2.29 bits per heavy atom. The molecule has 4 N–H and O–H groups in total. The third-order valence-corrected chi connectivity index (χ3v) is 2.90. The van der Waals surface area contributed by atoms with E-state index in [1.54, 1.807) is 5.32 Å². The predicted octanol–water partition coefficient (Wildman–Crippen LogP) is 1.51. The highest BCUT2D eigenvalue weighted by atomic mass is 19.4. The Morgan fingerprint density at radius 1 is 1.18 bits per heavy atom. The van der Waals surface area contributed by atoms with Gasteiger partial charge in [-0.15, -0.1) is 0 Å². The molecule has 100 valence electrons. The van der Waals surface area contributed by atoms with E-state index in [0.29, 0.717) is 0 Å². The minimum absolute atomic E-state index is 0.219. The van der Waals surface area contributed by atoms with Crippen molar-refractivity contribution >= 4 is 6.03 Å². The van der Waals surface area contributed by atoms with Gasteiger partial charge in [-0.3, -0.25) is 0 Å². The second kappa shape index (κ2) is 5.57. The molecule has 0 heterocycles. The van der Waals surface area contributed by atoms with Gasteiger partial charge in [0.15, 0.2) is 0 Å². The van der Waals surface area contributed by atoms with Crippen LogP contribution in [0.4, 0.5) is 18.0 Å². The van der Waals surface area contributed by atoms with Crippen molar-refractivity contribution < 1.29 is 18.0 Å². The first-order valence-electron chi connectivity index (χ1n) is 5.68. The quantitative estimate of drug-likeness (QED) is 0.713. The molecular formula is C10H18F3N3O. The molecular weight excluding hydrogens is 235 g/mol. The average Bonchev–Trinajstić information content (AvgIpc) is 2.24. The summed E-state index contributed by atoms with van der Waals surface area (Å²) >= 11 is 0. The molecule has 0 spiro atoms. The third-order valence-electron chi connectivity index (χ3n) is 2.90. The molecule has 0 aromatic rings. The summed E-state index contributed by atoms with van der Waals surface area (Å²) in [5.74, 6) is 0. The summed E-state index contributed by atoms with van der Waals surface area (Å²) < 4.78 is 35.5. The van der Waals surface area contributed by atoms with E-state index >= 15 is 0 Å². The smallest absolute Gasteiger partial charge is 0.336 e. The van der Waals surface area contributed by atoms with Crippen molar-refractivity contribution in [1.29, 1.82) is 0 Å². The van der Waals surface area contributed by atoms with E-state index < -0.39 is 24.3 Å². The number of carbonyl (C=O) groups is 1. The highest BCUT2D eigenvalue weighted by Crippen LogP contribution is 2.25. The lowest BCUT2D eigenvalue weighted by Crippen LogP contribution is -2.53. The summed E-state index contributed by atoms with van der Waals surface area (Å²) in [6.45, 7) is -1.10. The molecule has 17 heavy (non-hydrogen) atoms. The van der Waals surface area contributed by atoms with Gasteiger partial charge in [-0.25, -0.2) is 4.79 Å². The van der Waals surface area contributed by atoms with E-state index in [1.807, 2.05) is 0 Å². The topological polar surface area (TPSA) is 67.1 Å². The van der Waals surface area contributed by atoms with Crippen LogP contribution in [0.2, 0.25) is 0 Å². The number of rotatable bonds is 3. The molecule has 0 aromatic carbocycles. The molecule has 0 atom stereocenters. The van der Waals surface area contributed by atoms with E-state index in [1.165, 1.54) is 0 Å². The normalized spacial score (nSPS) is 19.8. The van der Waals surface area contributed by atoms with Crippen LogP contribution in [-0.2, 0) is 0 Å². The van der Waals surface area contributed by atoms with E-state index in [4.69, 9.17) is 5.73 Å². The summed E-state index contributed by atoms with van der Waals surface area (Å²) in [5, 5.41) is 4.14. The molecule has 4 nitrogen and oxygen atoms in total. The molecule has 1 rings (SSSR count). The fraction of sp³-hybridized carbons (Fsp3) is 0.900. The van der Waals surface area contributed by atoms with Gasteiger partial charge in [0.1, 0.15) is 6.54 Å². The molecule has 1 aliphatic carbocycles. The Balaban J connectivity index is 2.23. The maximum absolute atomic E-state index is 11.8. The Kier molecular flexibility index (Phi) is 4.62. The van der Waals surface area contributed by atoms with Crippen LogP contribution in [0.1, 0.15) is 32.1 Å². The molecule has 0 saturated heterocycles. The van der Waals surface area contributed by atoms with E-state index in [0.717, 1.165) is 32.1 Å². The van der Waals surface area contributed by atoms with Gasteiger partial charge in [0.25, 0.3) is 0 Å². The van der Waals surface area contributed by atoms with Crippen molar-refractivity contribution in [3.05, 3.63) is 0 Å². The number of halogens is 3. The van der Waals surface area contributed by atoms with Crippen molar-refractivity contribution in [3.8, 4) is 0 Å². The van der Waals surface area contributed by atoms with Crippen LogP contribution in [0.5, 0.6) is 0 Å². The van der Waals surface area contributed by atoms with Crippen molar-refractivity contribution in [1.82, 2.24) is 10.6 Å². The predicted molar refractivity (Wildman–Crippen MR) is 57.5 cm³/mol. The number of hydrogen-bond donors (Lipinski definition) is 3. The number of hydrogen-bond acceptors (Lipinski definition) is 2.